The van der Waals surface area contributed by atoms with Gasteiger partial charge in [0.1, 0.15) is 0 Å². The average molecular weight is 175 g/mol. The molecule has 0 saturated heterocycles. The molecule has 2 N–H and O–H groups in total. The Bertz CT molecular complexity index is 405. The van der Waals surface area contributed by atoms with Crippen LogP contribution in [0.1, 0.15) is 13.0 Å². The predicted octanol–water partition coefficient (Wildman–Crippen LogP) is 1.56. The second kappa shape index (κ2) is 3.18. The Hall–Kier alpha value is -1.35. The molecule has 13 heavy (non-hydrogen) atoms. The fourth-order valence-corrected chi connectivity index (χ4v) is 1.44. The fraction of sp³-hybridized carbons (Fsp3) is 0.300. The molecule has 0 saturated carbocycles. The molecule has 2 rings (SSSR count). The quantitative estimate of drug-likeness (QED) is 0.752. The summed E-state index contributed by atoms with van der Waals surface area (Å²) in [6, 6.07) is 8.42. The SMILES string of the molecule is CC(CN)n1ncc2ccccc21. The molecule has 3 nitrogen and oxygen atoms in total. The fourth-order valence-electron chi connectivity index (χ4n) is 1.44. The lowest BCUT2D eigenvalue weighted by Gasteiger charge is -2.09. The number of rotatable bonds is 2. The highest BCUT2D eigenvalue weighted by Crippen LogP contribution is 2.16. The first kappa shape index (κ1) is 8.26. The number of hydrogen-bond acceptors (Lipinski definition) is 2. The van der Waals surface area contributed by atoms with Gasteiger partial charge in [0.05, 0.1) is 17.8 Å². The van der Waals surface area contributed by atoms with Crippen LogP contribution in [0.5, 0.6) is 0 Å². The van der Waals surface area contributed by atoms with Gasteiger partial charge in [-0.05, 0) is 13.0 Å². The molecule has 0 radical (unpaired) electrons. The lowest BCUT2D eigenvalue weighted by Crippen LogP contribution is -2.16. The van der Waals surface area contributed by atoms with Crippen molar-refractivity contribution in [2.24, 2.45) is 5.73 Å². The van der Waals surface area contributed by atoms with E-state index < -0.39 is 0 Å². The van der Waals surface area contributed by atoms with Crippen LogP contribution in [0.25, 0.3) is 10.9 Å². The Morgan fingerprint density at radius 2 is 2.23 bits per heavy atom. The third-order valence-corrected chi connectivity index (χ3v) is 2.26. The first-order chi connectivity index (χ1) is 6.33. The molecule has 1 aromatic heterocycles. The van der Waals surface area contributed by atoms with E-state index in [9.17, 15) is 0 Å². The highest BCUT2D eigenvalue weighted by molar-refractivity contribution is 5.78. The van der Waals surface area contributed by atoms with E-state index in [0.29, 0.717) is 6.54 Å². The van der Waals surface area contributed by atoms with Gasteiger partial charge in [-0.25, -0.2) is 0 Å². The first-order valence-corrected chi connectivity index (χ1v) is 4.45. The van der Waals surface area contributed by atoms with Crippen LogP contribution in [0, 0.1) is 0 Å². The number of nitrogens with zero attached hydrogens (tertiary/aromatic N) is 2. The largest absolute Gasteiger partial charge is 0.328 e. The van der Waals surface area contributed by atoms with Gasteiger partial charge in [-0.2, -0.15) is 5.10 Å². The van der Waals surface area contributed by atoms with E-state index in [0.717, 1.165) is 5.52 Å². The van der Waals surface area contributed by atoms with E-state index in [4.69, 9.17) is 5.73 Å². The minimum absolute atomic E-state index is 0.264. The van der Waals surface area contributed by atoms with E-state index in [2.05, 4.69) is 24.2 Å². The molecular weight excluding hydrogens is 162 g/mol. The summed E-state index contributed by atoms with van der Waals surface area (Å²) in [4.78, 5) is 0. The Morgan fingerprint density at radius 1 is 1.46 bits per heavy atom. The minimum atomic E-state index is 0.264. The van der Waals surface area contributed by atoms with E-state index in [1.807, 2.05) is 23.0 Å². The molecule has 0 aliphatic heterocycles. The van der Waals surface area contributed by atoms with Crippen LogP contribution in [0.2, 0.25) is 0 Å². The van der Waals surface area contributed by atoms with Crippen LogP contribution in [-0.2, 0) is 0 Å². The topological polar surface area (TPSA) is 43.8 Å². The maximum Gasteiger partial charge on any atom is 0.0686 e. The van der Waals surface area contributed by atoms with Crippen molar-refractivity contribution in [1.82, 2.24) is 9.78 Å². The normalized spacial score (nSPS) is 13.4. The summed E-state index contributed by atoms with van der Waals surface area (Å²) in [5.74, 6) is 0. The van der Waals surface area contributed by atoms with Crippen molar-refractivity contribution in [3.8, 4) is 0 Å². The third-order valence-electron chi connectivity index (χ3n) is 2.26. The van der Waals surface area contributed by atoms with Crippen molar-refractivity contribution in [3.05, 3.63) is 30.5 Å². The van der Waals surface area contributed by atoms with Crippen molar-refractivity contribution in [3.63, 3.8) is 0 Å². The van der Waals surface area contributed by atoms with Crippen LogP contribution < -0.4 is 5.73 Å². The summed E-state index contributed by atoms with van der Waals surface area (Å²) in [5, 5.41) is 5.47. The Morgan fingerprint density at radius 3 is 3.00 bits per heavy atom. The van der Waals surface area contributed by atoms with Gasteiger partial charge >= 0.3 is 0 Å². The highest BCUT2D eigenvalue weighted by Gasteiger charge is 2.06. The number of benzene rings is 1. The number of nitrogens with two attached hydrogens (primary N) is 1. The third kappa shape index (κ3) is 1.31. The zero-order chi connectivity index (χ0) is 9.26. The summed E-state index contributed by atoms with van der Waals surface area (Å²) >= 11 is 0. The van der Waals surface area contributed by atoms with E-state index in [1.54, 1.807) is 0 Å². The standard InChI is InChI=1S/C10H13N3/c1-8(6-11)13-10-5-3-2-4-9(10)7-12-13/h2-5,7-8H,6,11H2,1H3. The summed E-state index contributed by atoms with van der Waals surface area (Å²) < 4.78 is 1.97. The molecule has 0 bridgehead atoms. The van der Waals surface area contributed by atoms with Gasteiger partial charge in [-0.3, -0.25) is 4.68 Å². The molecule has 1 unspecified atom stereocenters. The van der Waals surface area contributed by atoms with Crippen LogP contribution in [-0.4, -0.2) is 16.3 Å². The molecule has 1 atom stereocenters. The molecular formula is C10H13N3. The van der Waals surface area contributed by atoms with Crippen LogP contribution >= 0.6 is 0 Å². The first-order valence-electron chi connectivity index (χ1n) is 4.45. The number of fused-ring (bicyclic) bond motifs is 1. The summed E-state index contributed by atoms with van der Waals surface area (Å²) in [6.07, 6.45) is 1.88. The highest BCUT2D eigenvalue weighted by atomic mass is 15.3. The Labute approximate surface area is 77.2 Å². The number of para-hydroxylation sites is 1. The van der Waals surface area contributed by atoms with Gasteiger partial charge in [-0.15, -0.1) is 0 Å². The number of hydrogen-bond donors (Lipinski definition) is 1. The smallest absolute Gasteiger partial charge is 0.0686 e. The molecule has 0 aliphatic carbocycles. The molecule has 0 amide bonds. The molecule has 0 spiro atoms. The summed E-state index contributed by atoms with van der Waals surface area (Å²) in [6.45, 7) is 2.69. The molecule has 0 aliphatic rings. The van der Waals surface area contributed by atoms with E-state index in [-0.39, 0.29) is 6.04 Å². The van der Waals surface area contributed by atoms with E-state index in [1.165, 1.54) is 5.39 Å². The Kier molecular flexibility index (Phi) is 2.02. The van der Waals surface area contributed by atoms with Gasteiger partial charge in [0, 0.05) is 11.9 Å². The minimum Gasteiger partial charge on any atom is -0.328 e. The van der Waals surface area contributed by atoms with Crippen molar-refractivity contribution in [1.29, 1.82) is 0 Å². The van der Waals surface area contributed by atoms with E-state index >= 15 is 0 Å². The van der Waals surface area contributed by atoms with Crippen molar-refractivity contribution < 1.29 is 0 Å². The zero-order valence-corrected chi connectivity index (χ0v) is 7.64. The zero-order valence-electron chi connectivity index (χ0n) is 7.64. The van der Waals surface area contributed by atoms with Gasteiger partial charge in [0.15, 0.2) is 0 Å². The van der Waals surface area contributed by atoms with Gasteiger partial charge in [0.25, 0.3) is 0 Å². The maximum absolute atomic E-state index is 5.59. The van der Waals surface area contributed by atoms with Gasteiger partial charge < -0.3 is 5.73 Å². The Balaban J connectivity index is 2.57. The molecule has 1 heterocycles. The monoisotopic (exact) mass is 175 g/mol. The molecule has 68 valence electrons. The molecule has 3 heteroatoms. The van der Waals surface area contributed by atoms with Crippen LogP contribution in [0.15, 0.2) is 30.5 Å². The lowest BCUT2D eigenvalue weighted by molar-refractivity contribution is 0.517. The summed E-state index contributed by atoms with van der Waals surface area (Å²) in [5.41, 5.74) is 6.75. The molecule has 1 aromatic carbocycles. The number of aromatic nitrogens is 2. The maximum atomic E-state index is 5.59. The van der Waals surface area contributed by atoms with Gasteiger partial charge in [0.2, 0.25) is 0 Å². The van der Waals surface area contributed by atoms with Gasteiger partial charge in [-0.1, -0.05) is 18.2 Å². The second-order valence-electron chi connectivity index (χ2n) is 3.23. The predicted molar refractivity (Wildman–Crippen MR) is 53.5 cm³/mol. The van der Waals surface area contributed by atoms with Crippen molar-refractivity contribution in [2.75, 3.05) is 6.54 Å². The summed E-state index contributed by atoms with van der Waals surface area (Å²) in [7, 11) is 0. The second-order valence-corrected chi connectivity index (χ2v) is 3.23. The molecule has 0 fully saturated rings. The van der Waals surface area contributed by atoms with Crippen molar-refractivity contribution >= 4 is 10.9 Å². The average Bonchev–Trinajstić information content (AvgIpc) is 2.60. The van der Waals surface area contributed by atoms with Crippen LogP contribution in [0.3, 0.4) is 0 Å². The van der Waals surface area contributed by atoms with Crippen molar-refractivity contribution in [2.45, 2.75) is 13.0 Å². The molecule has 2 aromatic rings. The lowest BCUT2D eigenvalue weighted by atomic mass is 10.2. The van der Waals surface area contributed by atoms with Crippen LogP contribution in [0.4, 0.5) is 0 Å².